The lowest BCUT2D eigenvalue weighted by atomic mass is 10.1. The van der Waals surface area contributed by atoms with Gasteiger partial charge >= 0.3 is 5.97 Å². The van der Waals surface area contributed by atoms with E-state index in [0.29, 0.717) is 24.2 Å². The second kappa shape index (κ2) is 6.76. The van der Waals surface area contributed by atoms with Crippen LogP contribution in [0.2, 0.25) is 0 Å². The van der Waals surface area contributed by atoms with Gasteiger partial charge in [0.05, 0.1) is 17.6 Å². The molecular formula is C15H22N2O4S. The minimum absolute atomic E-state index is 0.154. The first-order chi connectivity index (χ1) is 10.4. The molecular weight excluding hydrogens is 304 g/mol. The standard InChI is InChI=1S/C15H22N2O4S/c1-11-9-12(15(18)21-2)6-7-14(11)22(19,20)17-8-4-3-5-13(17)10-16/h6-7,9,13H,3-5,8,10,16H2,1-2H3. The number of aryl methyl sites for hydroxylation is 1. The number of nitrogens with two attached hydrogens (primary N) is 1. The minimum atomic E-state index is -3.60. The predicted octanol–water partition coefficient (Wildman–Crippen LogP) is 1.28. The maximum Gasteiger partial charge on any atom is 0.337 e. The molecule has 1 saturated heterocycles. The molecule has 0 amide bonds. The lowest BCUT2D eigenvalue weighted by Crippen LogP contribution is -2.47. The van der Waals surface area contributed by atoms with Gasteiger partial charge in [-0.15, -0.1) is 0 Å². The van der Waals surface area contributed by atoms with Crippen LogP contribution in [0.25, 0.3) is 0 Å². The minimum Gasteiger partial charge on any atom is -0.465 e. The molecule has 0 radical (unpaired) electrons. The molecule has 0 aromatic heterocycles. The van der Waals surface area contributed by atoms with Crippen molar-refractivity contribution in [1.29, 1.82) is 0 Å². The van der Waals surface area contributed by atoms with E-state index in [2.05, 4.69) is 4.74 Å². The predicted molar refractivity (Wildman–Crippen MR) is 83.1 cm³/mol. The molecule has 1 aliphatic heterocycles. The first-order valence-electron chi connectivity index (χ1n) is 7.32. The number of carbonyl (C=O) groups is 1. The summed E-state index contributed by atoms with van der Waals surface area (Å²) >= 11 is 0. The Bertz CT molecular complexity index is 658. The quantitative estimate of drug-likeness (QED) is 0.842. The number of ether oxygens (including phenoxy) is 1. The van der Waals surface area contributed by atoms with Crippen molar-refractivity contribution in [2.75, 3.05) is 20.2 Å². The molecule has 6 nitrogen and oxygen atoms in total. The third-order valence-corrected chi connectivity index (χ3v) is 6.14. The molecule has 1 aromatic rings. The Hall–Kier alpha value is -1.44. The summed E-state index contributed by atoms with van der Waals surface area (Å²) in [6, 6.07) is 4.34. The van der Waals surface area contributed by atoms with Crippen molar-refractivity contribution >= 4 is 16.0 Å². The van der Waals surface area contributed by atoms with Gasteiger partial charge in [-0.05, 0) is 43.5 Å². The molecule has 1 aliphatic rings. The first kappa shape index (κ1) is 16.9. The summed E-state index contributed by atoms with van der Waals surface area (Å²) in [4.78, 5) is 11.8. The van der Waals surface area contributed by atoms with Crippen molar-refractivity contribution in [2.24, 2.45) is 5.73 Å². The fourth-order valence-electron chi connectivity index (χ4n) is 2.84. The topological polar surface area (TPSA) is 89.7 Å². The second-order valence-electron chi connectivity index (χ2n) is 5.47. The lowest BCUT2D eigenvalue weighted by molar-refractivity contribution is 0.0600. The van der Waals surface area contributed by atoms with Crippen LogP contribution in [0, 0.1) is 6.92 Å². The third-order valence-electron chi connectivity index (χ3n) is 4.03. The van der Waals surface area contributed by atoms with Gasteiger partial charge in [-0.2, -0.15) is 4.31 Å². The summed E-state index contributed by atoms with van der Waals surface area (Å²) in [7, 11) is -2.31. The molecule has 0 aliphatic carbocycles. The molecule has 0 spiro atoms. The van der Waals surface area contributed by atoms with Crippen LogP contribution in [0.5, 0.6) is 0 Å². The Kier molecular flexibility index (Phi) is 5.20. The summed E-state index contributed by atoms with van der Waals surface area (Å²) in [5.41, 5.74) is 6.59. The SMILES string of the molecule is COC(=O)c1ccc(S(=O)(=O)N2CCCCC2CN)c(C)c1. The number of nitrogens with zero attached hydrogens (tertiary/aromatic N) is 1. The number of hydrogen-bond acceptors (Lipinski definition) is 5. The number of carbonyl (C=O) groups excluding carboxylic acids is 1. The summed E-state index contributed by atoms with van der Waals surface area (Å²) in [5.74, 6) is -0.482. The van der Waals surface area contributed by atoms with Gasteiger partial charge in [0.25, 0.3) is 0 Å². The zero-order valence-corrected chi connectivity index (χ0v) is 13.7. The van der Waals surface area contributed by atoms with Gasteiger partial charge in [0, 0.05) is 19.1 Å². The number of esters is 1. The van der Waals surface area contributed by atoms with Crippen molar-refractivity contribution in [3.8, 4) is 0 Å². The summed E-state index contributed by atoms with van der Waals surface area (Å²) < 4.78 is 31.9. The Morgan fingerprint density at radius 1 is 1.41 bits per heavy atom. The van der Waals surface area contributed by atoms with Crippen molar-refractivity contribution in [3.05, 3.63) is 29.3 Å². The molecule has 122 valence electrons. The fourth-order valence-corrected chi connectivity index (χ4v) is 4.75. The normalized spacial score (nSPS) is 19.9. The zero-order chi connectivity index (χ0) is 16.3. The Morgan fingerprint density at radius 3 is 2.73 bits per heavy atom. The highest BCUT2D eigenvalue weighted by atomic mass is 32.2. The van der Waals surface area contributed by atoms with Crippen molar-refractivity contribution in [1.82, 2.24) is 4.31 Å². The van der Waals surface area contributed by atoms with Crippen LogP contribution in [0.4, 0.5) is 0 Å². The third kappa shape index (κ3) is 3.16. The summed E-state index contributed by atoms with van der Waals surface area (Å²) in [6.07, 6.45) is 2.62. The summed E-state index contributed by atoms with van der Waals surface area (Å²) in [6.45, 7) is 2.49. The average Bonchev–Trinajstić information content (AvgIpc) is 2.53. The van der Waals surface area contributed by atoms with E-state index in [4.69, 9.17) is 5.73 Å². The molecule has 2 rings (SSSR count). The van der Waals surface area contributed by atoms with E-state index in [1.807, 2.05) is 0 Å². The monoisotopic (exact) mass is 326 g/mol. The van der Waals surface area contributed by atoms with E-state index in [1.165, 1.54) is 23.5 Å². The maximum absolute atomic E-state index is 12.9. The van der Waals surface area contributed by atoms with E-state index in [0.717, 1.165) is 19.3 Å². The number of hydrogen-bond donors (Lipinski definition) is 1. The van der Waals surface area contributed by atoms with Crippen LogP contribution in [0.15, 0.2) is 23.1 Å². The molecule has 1 atom stereocenters. The molecule has 1 unspecified atom stereocenters. The van der Waals surface area contributed by atoms with Gasteiger partial charge in [-0.1, -0.05) is 6.42 Å². The molecule has 0 bridgehead atoms. The van der Waals surface area contributed by atoms with Crippen LogP contribution in [-0.2, 0) is 14.8 Å². The van der Waals surface area contributed by atoms with Crippen molar-refractivity contribution < 1.29 is 17.9 Å². The number of piperidine rings is 1. The molecule has 22 heavy (non-hydrogen) atoms. The van der Waals surface area contributed by atoms with E-state index < -0.39 is 16.0 Å². The summed E-state index contributed by atoms with van der Waals surface area (Å²) in [5, 5.41) is 0. The molecule has 1 heterocycles. The largest absolute Gasteiger partial charge is 0.465 e. The van der Waals surface area contributed by atoms with Crippen LogP contribution < -0.4 is 5.73 Å². The Morgan fingerprint density at radius 2 is 2.14 bits per heavy atom. The van der Waals surface area contributed by atoms with Crippen molar-refractivity contribution in [3.63, 3.8) is 0 Å². The highest BCUT2D eigenvalue weighted by molar-refractivity contribution is 7.89. The first-order valence-corrected chi connectivity index (χ1v) is 8.76. The van der Waals surface area contributed by atoms with Crippen LogP contribution in [0.3, 0.4) is 0 Å². The Balaban J connectivity index is 2.39. The highest BCUT2D eigenvalue weighted by Gasteiger charge is 2.33. The van der Waals surface area contributed by atoms with Gasteiger partial charge in [0.2, 0.25) is 10.0 Å². The van der Waals surface area contributed by atoms with Gasteiger partial charge in [0.15, 0.2) is 0 Å². The van der Waals surface area contributed by atoms with E-state index >= 15 is 0 Å². The number of benzene rings is 1. The van der Waals surface area contributed by atoms with Gasteiger partial charge < -0.3 is 10.5 Å². The van der Waals surface area contributed by atoms with E-state index in [-0.39, 0.29) is 10.9 Å². The zero-order valence-electron chi connectivity index (χ0n) is 12.9. The van der Waals surface area contributed by atoms with Crippen LogP contribution in [-0.4, -0.2) is 44.9 Å². The van der Waals surface area contributed by atoms with E-state index in [1.54, 1.807) is 13.0 Å². The average molecular weight is 326 g/mol. The lowest BCUT2D eigenvalue weighted by Gasteiger charge is -2.34. The van der Waals surface area contributed by atoms with Gasteiger partial charge in [-0.3, -0.25) is 0 Å². The van der Waals surface area contributed by atoms with Gasteiger partial charge in [0.1, 0.15) is 0 Å². The smallest absolute Gasteiger partial charge is 0.337 e. The van der Waals surface area contributed by atoms with Crippen LogP contribution >= 0.6 is 0 Å². The van der Waals surface area contributed by atoms with Crippen molar-refractivity contribution in [2.45, 2.75) is 37.1 Å². The molecule has 1 aromatic carbocycles. The number of methoxy groups -OCH3 is 1. The molecule has 1 fully saturated rings. The van der Waals surface area contributed by atoms with Crippen LogP contribution in [0.1, 0.15) is 35.2 Å². The second-order valence-corrected chi connectivity index (χ2v) is 7.33. The highest BCUT2D eigenvalue weighted by Crippen LogP contribution is 2.27. The Labute approximate surface area is 131 Å². The molecule has 0 saturated carbocycles. The fraction of sp³-hybridized carbons (Fsp3) is 0.533. The molecule has 7 heteroatoms. The number of sulfonamides is 1. The maximum atomic E-state index is 12.9. The van der Waals surface area contributed by atoms with E-state index in [9.17, 15) is 13.2 Å². The number of rotatable bonds is 4. The molecule has 2 N–H and O–H groups in total. The van der Waals surface area contributed by atoms with Gasteiger partial charge in [-0.25, -0.2) is 13.2 Å².